The summed E-state index contributed by atoms with van der Waals surface area (Å²) in [6, 6.07) is 13.4. The molecule has 0 radical (unpaired) electrons. The Kier molecular flexibility index (Phi) is 5.78. The third-order valence-corrected chi connectivity index (χ3v) is 6.36. The van der Waals surface area contributed by atoms with E-state index in [-0.39, 0.29) is 12.1 Å². The van der Waals surface area contributed by atoms with Crippen LogP contribution in [0.1, 0.15) is 30.1 Å². The molecule has 4 rings (SSSR count). The maximum Gasteiger partial charge on any atom is 0.322 e. The Morgan fingerprint density at radius 2 is 1.86 bits per heavy atom. The summed E-state index contributed by atoms with van der Waals surface area (Å²) in [7, 11) is 0. The van der Waals surface area contributed by atoms with E-state index in [2.05, 4.69) is 16.3 Å². The largest absolute Gasteiger partial charge is 0.387 e. The van der Waals surface area contributed by atoms with E-state index in [0.29, 0.717) is 23.1 Å². The number of fused-ring (bicyclic) bond motifs is 1. The van der Waals surface area contributed by atoms with Gasteiger partial charge in [-0.05, 0) is 42.2 Å². The lowest BCUT2D eigenvalue weighted by molar-refractivity contribution is 0.0747. The highest BCUT2D eigenvalue weighted by molar-refractivity contribution is 6.42. The van der Waals surface area contributed by atoms with E-state index in [0.717, 1.165) is 42.7 Å². The number of piperidine rings is 1. The van der Waals surface area contributed by atoms with Crippen molar-refractivity contribution in [3.63, 3.8) is 0 Å². The fraction of sp³-hybridized carbons (Fsp3) is 0.381. The fourth-order valence-corrected chi connectivity index (χ4v) is 4.31. The Morgan fingerprint density at radius 1 is 1.11 bits per heavy atom. The number of amides is 2. The number of nitrogens with zero attached hydrogens (tertiary/aromatic N) is 2. The van der Waals surface area contributed by atoms with Gasteiger partial charge in [0.25, 0.3) is 0 Å². The second kappa shape index (κ2) is 8.29. The normalized spacial score (nSPS) is 19.2. The van der Waals surface area contributed by atoms with Crippen LogP contribution in [-0.4, -0.2) is 46.6 Å². The van der Waals surface area contributed by atoms with Crippen LogP contribution in [0.25, 0.3) is 0 Å². The molecule has 0 bridgehead atoms. The minimum absolute atomic E-state index is 0.0204. The van der Waals surface area contributed by atoms with Crippen molar-refractivity contribution in [2.24, 2.45) is 0 Å². The molecule has 2 heterocycles. The zero-order valence-electron chi connectivity index (χ0n) is 15.4. The van der Waals surface area contributed by atoms with Crippen LogP contribution in [0.15, 0.2) is 42.5 Å². The van der Waals surface area contributed by atoms with Crippen LogP contribution >= 0.6 is 23.2 Å². The van der Waals surface area contributed by atoms with Crippen molar-refractivity contribution in [3.8, 4) is 0 Å². The first-order valence-electron chi connectivity index (χ1n) is 9.52. The standard InChI is InChI=1S/C21H23Cl2N3O2/c22-17-6-5-14(11-18(17)23)20(27)13-25-9-7-16(8-10-25)26-12-15-3-1-2-4-19(15)24-21(26)28/h1-6,11,16,20,27H,7-10,12-13H2,(H,24,28)/t20-/m1/s1. The number of nitrogens with one attached hydrogen (secondary N) is 1. The summed E-state index contributed by atoms with van der Waals surface area (Å²) in [5.74, 6) is 0. The smallest absolute Gasteiger partial charge is 0.322 e. The van der Waals surface area contributed by atoms with Crippen LogP contribution < -0.4 is 5.32 Å². The summed E-state index contributed by atoms with van der Waals surface area (Å²) in [6.45, 7) is 2.88. The highest BCUT2D eigenvalue weighted by Crippen LogP contribution is 2.29. The molecule has 2 aromatic carbocycles. The molecule has 28 heavy (non-hydrogen) atoms. The number of aliphatic hydroxyl groups excluding tert-OH is 1. The number of benzene rings is 2. The maximum atomic E-state index is 12.5. The van der Waals surface area contributed by atoms with Gasteiger partial charge in [-0.15, -0.1) is 0 Å². The number of urea groups is 1. The van der Waals surface area contributed by atoms with Gasteiger partial charge in [-0.3, -0.25) is 0 Å². The molecule has 2 N–H and O–H groups in total. The van der Waals surface area contributed by atoms with E-state index in [1.54, 1.807) is 18.2 Å². The summed E-state index contributed by atoms with van der Waals surface area (Å²) < 4.78 is 0. The van der Waals surface area contributed by atoms with Crippen LogP contribution in [0.2, 0.25) is 10.0 Å². The fourth-order valence-electron chi connectivity index (χ4n) is 4.00. The first-order chi connectivity index (χ1) is 13.5. The molecule has 2 aromatic rings. The van der Waals surface area contributed by atoms with E-state index < -0.39 is 6.10 Å². The van der Waals surface area contributed by atoms with Gasteiger partial charge in [-0.2, -0.15) is 0 Å². The van der Waals surface area contributed by atoms with Gasteiger partial charge in [0.05, 0.1) is 16.1 Å². The van der Waals surface area contributed by atoms with Crippen molar-refractivity contribution in [1.82, 2.24) is 9.80 Å². The lowest BCUT2D eigenvalue weighted by atomic mass is 10.00. The molecule has 0 aliphatic carbocycles. The number of likely N-dealkylation sites (tertiary alicyclic amines) is 1. The number of carbonyl (C=O) groups is 1. The number of β-amino-alcohol motifs (C(OH)–C–C–N with tert-alkyl or cyclic N) is 1. The molecule has 0 unspecified atom stereocenters. The van der Waals surface area contributed by atoms with E-state index in [1.165, 1.54) is 0 Å². The molecule has 2 amide bonds. The molecule has 2 aliphatic rings. The molecule has 5 nitrogen and oxygen atoms in total. The molecule has 0 aromatic heterocycles. The Labute approximate surface area is 174 Å². The Bertz CT molecular complexity index is 868. The Balaban J connectivity index is 1.33. The van der Waals surface area contributed by atoms with E-state index >= 15 is 0 Å². The van der Waals surface area contributed by atoms with Crippen molar-refractivity contribution in [2.75, 3.05) is 25.0 Å². The van der Waals surface area contributed by atoms with Gasteiger partial charge < -0.3 is 20.2 Å². The van der Waals surface area contributed by atoms with Crippen molar-refractivity contribution in [1.29, 1.82) is 0 Å². The number of hydrogen-bond acceptors (Lipinski definition) is 3. The van der Waals surface area contributed by atoms with E-state index in [4.69, 9.17) is 23.2 Å². The molecule has 1 saturated heterocycles. The van der Waals surface area contributed by atoms with E-state index in [9.17, 15) is 9.90 Å². The Hall–Kier alpha value is -1.79. The number of hydrogen-bond donors (Lipinski definition) is 2. The van der Waals surface area contributed by atoms with Crippen molar-refractivity contribution in [2.45, 2.75) is 31.5 Å². The molecule has 0 saturated carbocycles. The average Bonchev–Trinajstić information content (AvgIpc) is 2.70. The number of rotatable bonds is 4. The molecule has 1 atom stereocenters. The van der Waals surface area contributed by atoms with Crippen molar-refractivity contribution in [3.05, 3.63) is 63.6 Å². The average molecular weight is 420 g/mol. The molecule has 2 aliphatic heterocycles. The summed E-state index contributed by atoms with van der Waals surface area (Å²) in [5, 5.41) is 14.5. The van der Waals surface area contributed by atoms with Gasteiger partial charge in [0.1, 0.15) is 0 Å². The van der Waals surface area contributed by atoms with Crippen LogP contribution in [-0.2, 0) is 6.54 Å². The first kappa shape index (κ1) is 19.5. The Morgan fingerprint density at radius 3 is 2.61 bits per heavy atom. The first-order valence-corrected chi connectivity index (χ1v) is 10.3. The summed E-state index contributed by atoms with van der Waals surface area (Å²) >= 11 is 12.0. The molecule has 148 valence electrons. The summed E-state index contributed by atoms with van der Waals surface area (Å²) in [4.78, 5) is 16.7. The van der Waals surface area contributed by atoms with Crippen LogP contribution in [0.3, 0.4) is 0 Å². The summed E-state index contributed by atoms with van der Waals surface area (Å²) in [5.41, 5.74) is 2.83. The van der Waals surface area contributed by atoms with Crippen LogP contribution in [0.4, 0.5) is 10.5 Å². The quantitative estimate of drug-likeness (QED) is 0.764. The minimum atomic E-state index is -0.614. The molecule has 7 heteroatoms. The van der Waals surface area contributed by atoms with Gasteiger partial charge in [0.15, 0.2) is 0 Å². The van der Waals surface area contributed by atoms with Crippen molar-refractivity contribution >= 4 is 34.9 Å². The van der Waals surface area contributed by atoms with Gasteiger partial charge in [-0.1, -0.05) is 47.5 Å². The number of carbonyl (C=O) groups excluding carboxylic acids is 1. The highest BCUT2D eigenvalue weighted by Gasteiger charge is 2.31. The minimum Gasteiger partial charge on any atom is -0.387 e. The number of anilines is 1. The molecule has 1 fully saturated rings. The predicted molar refractivity (Wildman–Crippen MR) is 112 cm³/mol. The van der Waals surface area contributed by atoms with Gasteiger partial charge >= 0.3 is 6.03 Å². The molecular weight excluding hydrogens is 397 g/mol. The monoisotopic (exact) mass is 419 g/mol. The van der Waals surface area contributed by atoms with Gasteiger partial charge in [0, 0.05) is 37.9 Å². The zero-order valence-corrected chi connectivity index (χ0v) is 17.0. The van der Waals surface area contributed by atoms with Crippen molar-refractivity contribution < 1.29 is 9.90 Å². The van der Waals surface area contributed by atoms with Crippen LogP contribution in [0.5, 0.6) is 0 Å². The molecule has 0 spiro atoms. The molecular formula is C21H23Cl2N3O2. The second-order valence-electron chi connectivity index (χ2n) is 7.44. The number of aliphatic hydroxyl groups is 1. The van der Waals surface area contributed by atoms with Crippen LogP contribution in [0, 0.1) is 0 Å². The number of para-hydroxylation sites is 1. The highest BCUT2D eigenvalue weighted by atomic mass is 35.5. The van der Waals surface area contributed by atoms with Gasteiger partial charge in [0.2, 0.25) is 0 Å². The lowest BCUT2D eigenvalue weighted by Gasteiger charge is -2.41. The summed E-state index contributed by atoms with van der Waals surface area (Å²) in [6.07, 6.45) is 1.17. The van der Waals surface area contributed by atoms with E-state index in [1.807, 2.05) is 23.1 Å². The number of halogens is 2. The third-order valence-electron chi connectivity index (χ3n) is 5.62. The zero-order chi connectivity index (χ0) is 19.7. The van der Waals surface area contributed by atoms with Gasteiger partial charge in [-0.25, -0.2) is 4.79 Å². The third kappa shape index (κ3) is 4.13. The maximum absolute atomic E-state index is 12.5. The topological polar surface area (TPSA) is 55.8 Å². The lowest BCUT2D eigenvalue weighted by Crippen LogP contribution is -2.50. The predicted octanol–water partition coefficient (Wildman–Crippen LogP) is 4.54. The second-order valence-corrected chi connectivity index (χ2v) is 8.25. The SMILES string of the molecule is O=C1Nc2ccccc2CN1C1CCN(C[C@@H](O)c2ccc(Cl)c(Cl)c2)CC1.